The van der Waals surface area contributed by atoms with Crippen molar-refractivity contribution in [1.82, 2.24) is 0 Å². The van der Waals surface area contributed by atoms with E-state index in [0.29, 0.717) is 0 Å². The van der Waals surface area contributed by atoms with E-state index in [1.54, 1.807) is 48.6 Å². The van der Waals surface area contributed by atoms with Crippen LogP contribution in [0.1, 0.15) is 31.8 Å². The Hall–Kier alpha value is -3.92. The first-order valence-electron chi connectivity index (χ1n) is 8.65. The van der Waals surface area contributed by atoms with Crippen molar-refractivity contribution in [2.75, 3.05) is 0 Å². The van der Waals surface area contributed by atoms with E-state index in [1.807, 2.05) is 24.3 Å². The van der Waals surface area contributed by atoms with E-state index in [2.05, 4.69) is 0 Å². The van der Waals surface area contributed by atoms with Crippen molar-refractivity contribution in [2.24, 2.45) is 0 Å². The quantitative estimate of drug-likeness (QED) is 0.478. The largest absolute Gasteiger partial charge is 0.507 e. The molecule has 0 saturated carbocycles. The van der Waals surface area contributed by atoms with Crippen molar-refractivity contribution in [2.45, 2.75) is 0 Å². The topological polar surface area (TPSA) is 74.6 Å². The van der Waals surface area contributed by atoms with Crippen LogP contribution in [0, 0.1) is 0 Å². The Morgan fingerprint density at radius 3 is 1.46 bits per heavy atom. The Kier molecular flexibility index (Phi) is 5.82. The molecule has 0 atom stereocenters. The van der Waals surface area contributed by atoms with Crippen LogP contribution in [0.25, 0.3) is 12.2 Å². The van der Waals surface area contributed by atoms with E-state index in [4.69, 9.17) is 0 Å². The fourth-order valence-electron chi connectivity index (χ4n) is 2.65. The Balaban J connectivity index is 1.74. The Bertz CT molecular complexity index is 994. The Labute approximate surface area is 162 Å². The SMILES string of the molecule is O=C(/C=C/c1cccc(/C=C/C(=O)c2ccccc2O)c1)c1ccccc1O. The lowest BCUT2D eigenvalue weighted by Crippen LogP contribution is -1.94. The fraction of sp³-hybridized carbons (Fsp3) is 0. The average molecular weight is 370 g/mol. The molecule has 4 heteroatoms. The number of ketones is 2. The van der Waals surface area contributed by atoms with Crippen molar-refractivity contribution in [3.8, 4) is 11.5 Å². The first-order chi connectivity index (χ1) is 13.5. The van der Waals surface area contributed by atoms with Crippen molar-refractivity contribution < 1.29 is 19.8 Å². The summed E-state index contributed by atoms with van der Waals surface area (Å²) in [6.07, 6.45) is 6.09. The molecule has 0 fully saturated rings. The van der Waals surface area contributed by atoms with Gasteiger partial charge in [-0.3, -0.25) is 9.59 Å². The highest BCUT2D eigenvalue weighted by Gasteiger charge is 2.07. The Morgan fingerprint density at radius 1 is 0.607 bits per heavy atom. The van der Waals surface area contributed by atoms with Gasteiger partial charge in [0.1, 0.15) is 11.5 Å². The number of phenols is 2. The first-order valence-corrected chi connectivity index (χ1v) is 8.65. The predicted molar refractivity (Wildman–Crippen MR) is 109 cm³/mol. The smallest absolute Gasteiger partial charge is 0.189 e. The van der Waals surface area contributed by atoms with Crippen LogP contribution in [-0.2, 0) is 0 Å². The van der Waals surface area contributed by atoms with Gasteiger partial charge in [0.15, 0.2) is 11.6 Å². The van der Waals surface area contributed by atoms with E-state index < -0.39 is 0 Å². The van der Waals surface area contributed by atoms with Crippen LogP contribution in [0.2, 0.25) is 0 Å². The molecule has 0 amide bonds. The maximum absolute atomic E-state index is 12.2. The van der Waals surface area contributed by atoms with Gasteiger partial charge in [-0.15, -0.1) is 0 Å². The summed E-state index contributed by atoms with van der Waals surface area (Å²) in [5.41, 5.74) is 2.04. The van der Waals surface area contributed by atoms with Gasteiger partial charge in [0.25, 0.3) is 0 Å². The molecule has 2 N–H and O–H groups in total. The molecule has 0 bridgehead atoms. The normalized spacial score (nSPS) is 11.1. The molecule has 3 aromatic rings. The van der Waals surface area contributed by atoms with Crippen molar-refractivity contribution >= 4 is 23.7 Å². The second-order valence-corrected chi connectivity index (χ2v) is 6.10. The van der Waals surface area contributed by atoms with Gasteiger partial charge < -0.3 is 10.2 Å². The highest BCUT2D eigenvalue weighted by Crippen LogP contribution is 2.19. The third-order valence-electron chi connectivity index (χ3n) is 4.10. The predicted octanol–water partition coefficient (Wildman–Crippen LogP) is 4.89. The van der Waals surface area contributed by atoms with Crippen molar-refractivity contribution in [1.29, 1.82) is 0 Å². The molecule has 0 aromatic heterocycles. The van der Waals surface area contributed by atoms with Gasteiger partial charge in [-0.05, 0) is 53.6 Å². The summed E-state index contributed by atoms with van der Waals surface area (Å²) in [7, 11) is 0. The van der Waals surface area contributed by atoms with Crippen LogP contribution in [0.3, 0.4) is 0 Å². The molecular formula is C24H18O4. The molecule has 0 radical (unpaired) electrons. The number of aromatic hydroxyl groups is 2. The van der Waals surface area contributed by atoms with Crippen LogP contribution in [0.4, 0.5) is 0 Å². The Morgan fingerprint density at radius 2 is 1.04 bits per heavy atom. The summed E-state index contributed by atoms with van der Waals surface area (Å²) in [4.78, 5) is 24.4. The summed E-state index contributed by atoms with van der Waals surface area (Å²) < 4.78 is 0. The number of carbonyl (C=O) groups is 2. The van der Waals surface area contributed by atoms with Gasteiger partial charge in [-0.1, -0.05) is 54.6 Å². The lowest BCUT2D eigenvalue weighted by molar-refractivity contribution is 0.103. The van der Waals surface area contributed by atoms with E-state index in [9.17, 15) is 19.8 Å². The number of hydrogen-bond donors (Lipinski definition) is 2. The van der Waals surface area contributed by atoms with Gasteiger partial charge in [0.05, 0.1) is 11.1 Å². The molecular weight excluding hydrogens is 352 g/mol. The number of allylic oxidation sites excluding steroid dienone is 2. The van der Waals surface area contributed by atoms with E-state index in [-0.39, 0.29) is 34.2 Å². The zero-order valence-corrected chi connectivity index (χ0v) is 14.9. The van der Waals surface area contributed by atoms with E-state index >= 15 is 0 Å². The molecule has 4 nitrogen and oxygen atoms in total. The van der Waals surface area contributed by atoms with Crippen molar-refractivity contribution in [3.63, 3.8) is 0 Å². The van der Waals surface area contributed by atoms with Crippen LogP contribution >= 0.6 is 0 Å². The van der Waals surface area contributed by atoms with Gasteiger partial charge in [-0.25, -0.2) is 0 Å². The van der Waals surface area contributed by atoms with Crippen LogP contribution < -0.4 is 0 Å². The summed E-state index contributed by atoms with van der Waals surface area (Å²) in [6.45, 7) is 0. The monoisotopic (exact) mass is 370 g/mol. The maximum Gasteiger partial charge on any atom is 0.189 e. The molecule has 0 heterocycles. The second kappa shape index (κ2) is 8.64. The zero-order chi connectivity index (χ0) is 19.9. The van der Waals surface area contributed by atoms with Gasteiger partial charge in [0, 0.05) is 0 Å². The summed E-state index contributed by atoms with van der Waals surface area (Å²) in [6, 6.07) is 20.0. The molecule has 3 rings (SSSR count). The van der Waals surface area contributed by atoms with Crippen molar-refractivity contribution in [3.05, 3.63) is 107 Å². The highest BCUT2D eigenvalue weighted by atomic mass is 16.3. The third kappa shape index (κ3) is 4.62. The minimum atomic E-state index is -0.297. The lowest BCUT2D eigenvalue weighted by atomic mass is 10.1. The first kappa shape index (κ1) is 18.9. The standard InChI is InChI=1S/C24H18O4/c25-21-10-3-1-8-19(21)23(27)14-12-17-6-5-7-18(16-17)13-15-24(28)20-9-2-4-11-22(20)26/h1-16,25-26H/b14-12+,15-13+. The molecule has 3 aromatic carbocycles. The number of para-hydroxylation sites is 2. The number of hydrogen-bond acceptors (Lipinski definition) is 4. The third-order valence-corrected chi connectivity index (χ3v) is 4.10. The zero-order valence-electron chi connectivity index (χ0n) is 14.9. The lowest BCUT2D eigenvalue weighted by Gasteiger charge is -2.01. The van der Waals surface area contributed by atoms with Crippen LogP contribution in [0.15, 0.2) is 84.9 Å². The number of rotatable bonds is 6. The molecule has 0 saturated heterocycles. The molecule has 28 heavy (non-hydrogen) atoms. The molecule has 0 spiro atoms. The van der Waals surface area contributed by atoms with Gasteiger partial charge in [0.2, 0.25) is 0 Å². The summed E-state index contributed by atoms with van der Waals surface area (Å²) in [5.74, 6) is -0.712. The van der Waals surface area contributed by atoms with Gasteiger partial charge >= 0.3 is 0 Å². The van der Waals surface area contributed by atoms with Crippen LogP contribution in [0.5, 0.6) is 11.5 Å². The van der Waals surface area contributed by atoms with Gasteiger partial charge in [-0.2, -0.15) is 0 Å². The number of carbonyl (C=O) groups excluding carboxylic acids is 2. The number of benzene rings is 3. The maximum atomic E-state index is 12.2. The molecule has 138 valence electrons. The van der Waals surface area contributed by atoms with E-state index in [0.717, 1.165) is 11.1 Å². The molecule has 0 aliphatic carbocycles. The van der Waals surface area contributed by atoms with Crippen LogP contribution in [-0.4, -0.2) is 21.8 Å². The number of phenolic OH excluding ortho intramolecular Hbond substituents is 2. The fourth-order valence-corrected chi connectivity index (χ4v) is 2.65. The summed E-state index contributed by atoms with van der Waals surface area (Å²) in [5, 5.41) is 19.5. The second-order valence-electron chi connectivity index (χ2n) is 6.10. The summed E-state index contributed by atoms with van der Waals surface area (Å²) >= 11 is 0. The van der Waals surface area contributed by atoms with E-state index in [1.165, 1.54) is 24.3 Å². The minimum Gasteiger partial charge on any atom is -0.507 e. The average Bonchev–Trinajstić information content (AvgIpc) is 2.71. The minimum absolute atomic E-state index is 0.0588. The molecule has 0 unspecified atom stereocenters. The highest BCUT2D eigenvalue weighted by molar-refractivity contribution is 6.09. The molecule has 0 aliphatic rings. The molecule has 0 aliphatic heterocycles.